The molecule has 17 heavy (non-hydrogen) atoms. The van der Waals surface area contributed by atoms with Crippen molar-refractivity contribution < 1.29 is 13.2 Å². The minimum Gasteiger partial charge on any atom is -0.298 e. The first-order valence-electron chi connectivity index (χ1n) is 4.43. The summed E-state index contributed by atoms with van der Waals surface area (Å²) in [7, 11) is 1.39. The van der Waals surface area contributed by atoms with Gasteiger partial charge in [-0.2, -0.15) is 0 Å². The van der Waals surface area contributed by atoms with Crippen molar-refractivity contribution in [3.8, 4) is 0 Å². The van der Waals surface area contributed by atoms with Crippen LogP contribution in [-0.2, 0) is 14.8 Å². The quantitative estimate of drug-likeness (QED) is 0.277. The van der Waals surface area contributed by atoms with Crippen LogP contribution in [0.1, 0.15) is 21.5 Å². The minimum absolute atomic E-state index is 0.215. The van der Waals surface area contributed by atoms with Crippen molar-refractivity contribution in [2.24, 2.45) is 5.11 Å². The van der Waals surface area contributed by atoms with Crippen LogP contribution in [-0.4, -0.2) is 14.7 Å². The number of benzene rings is 1. The van der Waals surface area contributed by atoms with E-state index in [1.165, 1.54) is 12.1 Å². The van der Waals surface area contributed by atoms with Crippen LogP contribution in [0.15, 0.2) is 17.2 Å². The molecule has 1 rings (SSSR count). The van der Waals surface area contributed by atoms with Crippen molar-refractivity contribution >= 4 is 31.7 Å². The Balaban J connectivity index is 3.39. The van der Waals surface area contributed by atoms with Gasteiger partial charge in [0.15, 0.2) is 0 Å². The third-order valence-electron chi connectivity index (χ3n) is 2.10. The second kappa shape index (κ2) is 5.18. The number of carbonyl (C=O) groups excluding carboxylic acids is 1. The van der Waals surface area contributed by atoms with E-state index in [0.29, 0.717) is 17.4 Å². The summed E-state index contributed by atoms with van der Waals surface area (Å²) < 4.78 is 21.9. The summed E-state index contributed by atoms with van der Waals surface area (Å²) in [5.41, 5.74) is 9.64. The summed E-state index contributed by atoms with van der Waals surface area (Å²) in [5.74, 6) is -0.427. The van der Waals surface area contributed by atoms with E-state index < -0.39 is 14.8 Å². The molecule has 0 spiro atoms. The average Bonchev–Trinajstić information content (AvgIpc) is 2.20. The summed E-state index contributed by atoms with van der Waals surface area (Å²) in [6.45, 7) is 1.60. The molecule has 0 aliphatic rings. The first-order valence-corrected chi connectivity index (χ1v) is 6.91. The molecule has 1 aromatic carbocycles. The Morgan fingerprint density at radius 3 is 2.65 bits per heavy atom. The molecular formula is C9H8ClN3O3S. The van der Waals surface area contributed by atoms with E-state index in [-0.39, 0.29) is 11.3 Å². The molecule has 0 atom stereocenters. The molecule has 0 amide bonds. The van der Waals surface area contributed by atoms with Gasteiger partial charge in [-0.25, -0.2) is 8.42 Å². The molecule has 6 nitrogen and oxygen atoms in total. The fraction of sp³-hybridized carbons (Fsp3) is 0.222. The van der Waals surface area contributed by atoms with Gasteiger partial charge in [-0.3, -0.25) is 4.79 Å². The average molecular weight is 274 g/mol. The highest BCUT2D eigenvalue weighted by molar-refractivity contribution is 8.13. The number of halogens is 1. The molecule has 0 fully saturated rings. The van der Waals surface area contributed by atoms with E-state index in [4.69, 9.17) is 16.2 Å². The third-order valence-corrected chi connectivity index (χ3v) is 3.10. The Morgan fingerprint density at radius 1 is 1.53 bits per heavy atom. The highest BCUT2D eigenvalue weighted by Gasteiger charge is 2.11. The number of rotatable bonds is 4. The standard InChI is InChI=1S/C9H8ClN3O3S/c1-6-8(4-14)2-7(5-17(10,15)16)3-9(6)12-13-11/h2-4H,5H2,1H3. The van der Waals surface area contributed by atoms with Gasteiger partial charge in [0.05, 0.1) is 5.75 Å². The summed E-state index contributed by atoms with van der Waals surface area (Å²) in [5, 5.41) is 3.39. The normalized spacial score (nSPS) is 10.7. The SMILES string of the molecule is Cc1c(C=O)cc(CS(=O)(=O)Cl)cc1N=[N+]=[N-]. The van der Waals surface area contributed by atoms with Crippen LogP contribution in [0, 0.1) is 6.92 Å². The zero-order valence-electron chi connectivity index (χ0n) is 8.79. The molecule has 0 heterocycles. The summed E-state index contributed by atoms with van der Waals surface area (Å²) in [4.78, 5) is 13.4. The van der Waals surface area contributed by atoms with E-state index in [9.17, 15) is 13.2 Å². The van der Waals surface area contributed by atoms with E-state index in [0.717, 1.165) is 0 Å². The van der Waals surface area contributed by atoms with Crippen LogP contribution in [0.5, 0.6) is 0 Å². The molecular weight excluding hydrogens is 266 g/mol. The molecule has 0 aliphatic heterocycles. The Labute approximate surface area is 102 Å². The smallest absolute Gasteiger partial charge is 0.236 e. The van der Waals surface area contributed by atoms with Crippen LogP contribution >= 0.6 is 10.7 Å². The Hall–Kier alpha value is -1.56. The molecule has 0 unspecified atom stereocenters. The molecule has 0 N–H and O–H groups in total. The predicted molar refractivity (Wildman–Crippen MR) is 63.8 cm³/mol. The van der Waals surface area contributed by atoms with E-state index in [1.54, 1.807) is 6.92 Å². The lowest BCUT2D eigenvalue weighted by Crippen LogP contribution is -1.97. The first kappa shape index (κ1) is 13.5. The van der Waals surface area contributed by atoms with Crippen molar-refractivity contribution in [2.45, 2.75) is 12.7 Å². The van der Waals surface area contributed by atoms with Crippen molar-refractivity contribution in [3.63, 3.8) is 0 Å². The number of hydrogen-bond acceptors (Lipinski definition) is 4. The largest absolute Gasteiger partial charge is 0.298 e. The van der Waals surface area contributed by atoms with Gasteiger partial charge in [0, 0.05) is 26.8 Å². The maximum atomic E-state index is 10.9. The highest BCUT2D eigenvalue weighted by atomic mass is 35.7. The third kappa shape index (κ3) is 3.74. The fourth-order valence-corrected chi connectivity index (χ4v) is 2.28. The maximum absolute atomic E-state index is 10.9. The fourth-order valence-electron chi connectivity index (χ4n) is 1.34. The molecule has 1 aromatic rings. The highest BCUT2D eigenvalue weighted by Crippen LogP contribution is 2.25. The lowest BCUT2D eigenvalue weighted by atomic mass is 10.0. The topological polar surface area (TPSA) is 100.0 Å². The molecule has 0 bridgehead atoms. The number of hydrogen-bond donors (Lipinski definition) is 0. The van der Waals surface area contributed by atoms with Crippen LogP contribution < -0.4 is 0 Å². The molecule has 8 heteroatoms. The second-order valence-corrected chi connectivity index (χ2v) is 6.10. The number of nitrogens with zero attached hydrogens (tertiary/aromatic N) is 3. The van der Waals surface area contributed by atoms with Gasteiger partial charge in [-0.05, 0) is 35.7 Å². The summed E-state index contributed by atoms with van der Waals surface area (Å²) in [6, 6.07) is 2.79. The van der Waals surface area contributed by atoms with Gasteiger partial charge in [0.2, 0.25) is 9.05 Å². The van der Waals surface area contributed by atoms with Crippen molar-refractivity contribution in [3.05, 3.63) is 39.3 Å². The Bertz CT molecular complexity index is 606. The van der Waals surface area contributed by atoms with Gasteiger partial charge >= 0.3 is 0 Å². The van der Waals surface area contributed by atoms with Crippen LogP contribution in [0.25, 0.3) is 10.4 Å². The monoisotopic (exact) mass is 273 g/mol. The Morgan fingerprint density at radius 2 is 2.18 bits per heavy atom. The molecule has 90 valence electrons. The maximum Gasteiger partial charge on any atom is 0.236 e. The van der Waals surface area contributed by atoms with E-state index >= 15 is 0 Å². The molecule has 0 radical (unpaired) electrons. The molecule has 0 aromatic heterocycles. The van der Waals surface area contributed by atoms with Gasteiger partial charge in [0.25, 0.3) is 0 Å². The predicted octanol–water partition coefficient (Wildman–Crippen LogP) is 2.82. The second-order valence-electron chi connectivity index (χ2n) is 3.32. The number of aldehydes is 1. The number of carbonyl (C=O) groups is 1. The van der Waals surface area contributed by atoms with Gasteiger partial charge in [-0.15, -0.1) is 0 Å². The lowest BCUT2D eigenvalue weighted by molar-refractivity contribution is 0.112. The lowest BCUT2D eigenvalue weighted by Gasteiger charge is -2.06. The van der Waals surface area contributed by atoms with Crippen molar-refractivity contribution in [1.29, 1.82) is 0 Å². The van der Waals surface area contributed by atoms with Crippen LogP contribution in [0.4, 0.5) is 5.69 Å². The van der Waals surface area contributed by atoms with Crippen molar-refractivity contribution in [1.82, 2.24) is 0 Å². The summed E-state index contributed by atoms with van der Waals surface area (Å²) >= 11 is 0. The van der Waals surface area contributed by atoms with Gasteiger partial charge in [-0.1, -0.05) is 5.11 Å². The van der Waals surface area contributed by atoms with Crippen LogP contribution in [0.3, 0.4) is 0 Å². The molecule has 0 saturated heterocycles. The van der Waals surface area contributed by atoms with Gasteiger partial charge in [0.1, 0.15) is 6.29 Å². The van der Waals surface area contributed by atoms with E-state index in [1.807, 2.05) is 0 Å². The van der Waals surface area contributed by atoms with Gasteiger partial charge < -0.3 is 0 Å². The zero-order chi connectivity index (χ0) is 13.1. The van der Waals surface area contributed by atoms with E-state index in [2.05, 4.69) is 10.0 Å². The molecule has 0 saturated carbocycles. The van der Waals surface area contributed by atoms with Crippen LogP contribution in [0.2, 0.25) is 0 Å². The first-order chi connectivity index (χ1) is 7.87. The summed E-state index contributed by atoms with van der Waals surface area (Å²) in [6.07, 6.45) is 0.566. The number of azide groups is 1. The Kier molecular flexibility index (Phi) is 4.11. The zero-order valence-corrected chi connectivity index (χ0v) is 10.4. The van der Waals surface area contributed by atoms with Crippen molar-refractivity contribution in [2.75, 3.05) is 0 Å². The molecule has 0 aliphatic carbocycles. The minimum atomic E-state index is -3.73.